The van der Waals surface area contributed by atoms with Crippen LogP contribution < -0.4 is 15.8 Å². The summed E-state index contributed by atoms with van der Waals surface area (Å²) < 4.78 is 5.51. The fourth-order valence-electron chi connectivity index (χ4n) is 2.15. The van der Waals surface area contributed by atoms with Crippen LogP contribution in [0.4, 0.5) is 5.69 Å². The third-order valence-electron chi connectivity index (χ3n) is 3.44. The summed E-state index contributed by atoms with van der Waals surface area (Å²) in [6, 6.07) is 12.7. The number of benzene rings is 2. The van der Waals surface area contributed by atoms with E-state index in [2.05, 4.69) is 5.32 Å². The molecule has 1 unspecified atom stereocenters. The molecule has 0 aliphatic carbocycles. The first-order valence-electron chi connectivity index (χ1n) is 7.47. The van der Waals surface area contributed by atoms with E-state index in [0.717, 1.165) is 11.1 Å². The molecule has 1 atom stereocenters. The van der Waals surface area contributed by atoms with Gasteiger partial charge in [0.15, 0.2) is 0 Å². The van der Waals surface area contributed by atoms with E-state index < -0.39 is 6.10 Å². The largest absolute Gasteiger partial charge is 0.491 e. The monoisotopic (exact) mass is 350 g/mol. The van der Waals surface area contributed by atoms with Crippen LogP contribution in [0.3, 0.4) is 0 Å². The fraction of sp³-hybridized carbons (Fsp3) is 0.278. The van der Waals surface area contributed by atoms with E-state index in [1.165, 1.54) is 0 Å². The number of nitrogens with one attached hydrogen (secondary N) is 1. The molecule has 6 heteroatoms. The summed E-state index contributed by atoms with van der Waals surface area (Å²) in [5, 5.41) is 12.6. The summed E-state index contributed by atoms with van der Waals surface area (Å²) in [5.74, 6) is 0.437. The molecule has 0 saturated heterocycles. The van der Waals surface area contributed by atoms with Gasteiger partial charge in [0.2, 0.25) is 0 Å². The maximum Gasteiger partial charge on any atom is 0.251 e. The summed E-state index contributed by atoms with van der Waals surface area (Å²) in [6.07, 6.45) is -0.791. The second-order valence-electron chi connectivity index (χ2n) is 5.57. The van der Waals surface area contributed by atoms with Gasteiger partial charge in [-0.1, -0.05) is 18.2 Å². The Labute approximate surface area is 148 Å². The van der Waals surface area contributed by atoms with E-state index >= 15 is 0 Å². The lowest BCUT2D eigenvalue weighted by atomic mass is 10.1. The van der Waals surface area contributed by atoms with E-state index in [4.69, 9.17) is 10.5 Å². The van der Waals surface area contributed by atoms with Gasteiger partial charge in [-0.3, -0.25) is 4.79 Å². The zero-order chi connectivity index (χ0) is 16.8. The van der Waals surface area contributed by atoms with Gasteiger partial charge in [-0.25, -0.2) is 0 Å². The molecule has 0 radical (unpaired) electrons. The molecular formula is C18H23ClN2O3. The van der Waals surface area contributed by atoms with Gasteiger partial charge in [0.05, 0.1) is 0 Å². The number of aliphatic hydroxyl groups excluding tert-OH is 1. The molecule has 0 aliphatic heterocycles. The Kier molecular flexibility index (Phi) is 7.55. The molecule has 2 aromatic carbocycles. The summed E-state index contributed by atoms with van der Waals surface area (Å²) in [4.78, 5) is 12.1. The Morgan fingerprint density at radius 3 is 2.71 bits per heavy atom. The zero-order valence-corrected chi connectivity index (χ0v) is 14.6. The molecule has 130 valence electrons. The maximum absolute atomic E-state index is 12.1. The lowest BCUT2D eigenvalue weighted by Gasteiger charge is -2.14. The number of carbonyl (C=O) groups is 1. The van der Waals surface area contributed by atoms with Crippen molar-refractivity contribution in [2.24, 2.45) is 0 Å². The van der Waals surface area contributed by atoms with E-state index in [1.807, 2.05) is 38.1 Å². The van der Waals surface area contributed by atoms with E-state index in [0.29, 0.717) is 17.0 Å². The Bertz CT molecular complexity index is 692. The summed E-state index contributed by atoms with van der Waals surface area (Å²) in [7, 11) is 0. The Morgan fingerprint density at radius 2 is 2.00 bits per heavy atom. The van der Waals surface area contributed by atoms with Gasteiger partial charge in [0.25, 0.3) is 5.91 Å². The average molecular weight is 351 g/mol. The second kappa shape index (κ2) is 9.15. The Morgan fingerprint density at radius 1 is 1.25 bits per heavy atom. The van der Waals surface area contributed by atoms with Crippen molar-refractivity contribution in [2.45, 2.75) is 20.0 Å². The van der Waals surface area contributed by atoms with Gasteiger partial charge in [-0.15, -0.1) is 12.4 Å². The topological polar surface area (TPSA) is 84.6 Å². The molecule has 24 heavy (non-hydrogen) atoms. The smallest absolute Gasteiger partial charge is 0.251 e. The van der Waals surface area contributed by atoms with Crippen LogP contribution in [-0.2, 0) is 0 Å². The minimum absolute atomic E-state index is 0. The van der Waals surface area contributed by atoms with Crippen LogP contribution in [0.5, 0.6) is 5.75 Å². The molecule has 4 N–H and O–H groups in total. The van der Waals surface area contributed by atoms with Crippen LogP contribution in [0.1, 0.15) is 21.5 Å². The van der Waals surface area contributed by atoms with Crippen LogP contribution in [0.25, 0.3) is 0 Å². The maximum atomic E-state index is 12.1. The Hall–Kier alpha value is -2.24. The third-order valence-corrected chi connectivity index (χ3v) is 3.44. The molecule has 0 heterocycles. The highest BCUT2D eigenvalue weighted by Gasteiger charge is 2.12. The van der Waals surface area contributed by atoms with Gasteiger partial charge in [-0.05, 0) is 49.2 Å². The van der Waals surface area contributed by atoms with E-state index in [9.17, 15) is 9.90 Å². The number of nitrogens with two attached hydrogens (primary N) is 1. The van der Waals surface area contributed by atoms with Crippen molar-refractivity contribution in [3.8, 4) is 5.75 Å². The summed E-state index contributed by atoms with van der Waals surface area (Å²) in [5.41, 5.74) is 8.66. The number of aliphatic hydroxyl groups is 1. The number of halogens is 1. The molecule has 2 aromatic rings. The van der Waals surface area contributed by atoms with Crippen molar-refractivity contribution in [1.29, 1.82) is 0 Å². The SMILES string of the molecule is Cc1cccc(OCC(O)CNC(=O)c2cc(N)ccc2C)c1.Cl. The number of hydrogen-bond donors (Lipinski definition) is 3. The fourth-order valence-corrected chi connectivity index (χ4v) is 2.15. The van der Waals surface area contributed by atoms with Crippen molar-refractivity contribution in [3.05, 3.63) is 59.2 Å². The first-order valence-corrected chi connectivity index (χ1v) is 7.47. The van der Waals surface area contributed by atoms with Crippen LogP contribution in [-0.4, -0.2) is 30.3 Å². The molecule has 0 aromatic heterocycles. The molecule has 0 fully saturated rings. The molecule has 1 amide bonds. The van der Waals surface area contributed by atoms with Crippen molar-refractivity contribution >= 4 is 24.0 Å². The Balaban J connectivity index is 0.00000288. The van der Waals surface area contributed by atoms with E-state index in [1.54, 1.807) is 18.2 Å². The van der Waals surface area contributed by atoms with Gasteiger partial charge in [0, 0.05) is 17.8 Å². The minimum Gasteiger partial charge on any atom is -0.491 e. The van der Waals surface area contributed by atoms with Gasteiger partial charge in [0.1, 0.15) is 18.5 Å². The van der Waals surface area contributed by atoms with Crippen molar-refractivity contribution < 1.29 is 14.6 Å². The summed E-state index contributed by atoms with van der Waals surface area (Å²) >= 11 is 0. The molecule has 0 spiro atoms. The molecule has 0 bridgehead atoms. The standard InChI is InChI=1S/C18H22N2O3.ClH/c1-12-4-3-5-16(8-12)23-11-15(21)10-20-18(22)17-9-14(19)7-6-13(17)2;/h3-9,15,21H,10-11,19H2,1-2H3,(H,20,22);1H. The van der Waals surface area contributed by atoms with Crippen LogP contribution >= 0.6 is 12.4 Å². The van der Waals surface area contributed by atoms with Crippen molar-refractivity contribution in [2.75, 3.05) is 18.9 Å². The number of hydrogen-bond acceptors (Lipinski definition) is 4. The molecule has 2 rings (SSSR count). The number of nitrogen functional groups attached to an aromatic ring is 1. The van der Waals surface area contributed by atoms with Crippen molar-refractivity contribution in [1.82, 2.24) is 5.32 Å². The first-order chi connectivity index (χ1) is 11.0. The number of amides is 1. The minimum atomic E-state index is -0.791. The second-order valence-corrected chi connectivity index (χ2v) is 5.57. The number of carbonyl (C=O) groups excluding carboxylic acids is 1. The highest BCUT2D eigenvalue weighted by atomic mass is 35.5. The molecule has 5 nitrogen and oxygen atoms in total. The molecular weight excluding hydrogens is 328 g/mol. The predicted octanol–water partition coefficient (Wildman–Crippen LogP) is 2.48. The molecule has 0 saturated carbocycles. The van der Waals surface area contributed by atoms with Gasteiger partial charge in [-0.2, -0.15) is 0 Å². The van der Waals surface area contributed by atoms with E-state index in [-0.39, 0.29) is 31.5 Å². The van der Waals surface area contributed by atoms with Crippen LogP contribution in [0.15, 0.2) is 42.5 Å². The third kappa shape index (κ3) is 5.76. The highest BCUT2D eigenvalue weighted by molar-refractivity contribution is 5.96. The van der Waals surface area contributed by atoms with Gasteiger partial charge >= 0.3 is 0 Å². The predicted molar refractivity (Wildman–Crippen MR) is 97.9 cm³/mol. The zero-order valence-electron chi connectivity index (χ0n) is 13.8. The van der Waals surface area contributed by atoms with Crippen LogP contribution in [0, 0.1) is 13.8 Å². The van der Waals surface area contributed by atoms with Crippen LogP contribution in [0.2, 0.25) is 0 Å². The lowest BCUT2D eigenvalue weighted by Crippen LogP contribution is -2.35. The summed E-state index contributed by atoms with van der Waals surface area (Å²) in [6.45, 7) is 4.03. The number of aryl methyl sites for hydroxylation is 2. The normalized spacial score (nSPS) is 11.3. The number of ether oxygens (including phenoxy) is 1. The number of anilines is 1. The van der Waals surface area contributed by atoms with Crippen molar-refractivity contribution in [3.63, 3.8) is 0 Å². The highest BCUT2D eigenvalue weighted by Crippen LogP contribution is 2.13. The van der Waals surface area contributed by atoms with Gasteiger partial charge < -0.3 is 20.9 Å². The first kappa shape index (κ1) is 19.8. The average Bonchev–Trinajstić information content (AvgIpc) is 2.53. The lowest BCUT2D eigenvalue weighted by molar-refractivity contribution is 0.0843. The molecule has 0 aliphatic rings. The number of rotatable bonds is 6. The quantitative estimate of drug-likeness (QED) is 0.699.